The maximum atomic E-state index is 13.1. The van der Waals surface area contributed by atoms with Crippen molar-refractivity contribution in [3.8, 4) is 0 Å². The second kappa shape index (κ2) is 15.3. The van der Waals surface area contributed by atoms with Gasteiger partial charge in [-0.05, 0) is 31.4 Å². The number of hydrogen-bond acceptors (Lipinski definition) is 6. The molecule has 0 radical (unpaired) electrons. The van der Waals surface area contributed by atoms with Gasteiger partial charge in [-0.25, -0.2) is 9.97 Å². The van der Waals surface area contributed by atoms with Crippen molar-refractivity contribution in [1.82, 2.24) is 24.8 Å². The summed E-state index contributed by atoms with van der Waals surface area (Å²) in [5.41, 5.74) is 3.38. The fourth-order valence-corrected chi connectivity index (χ4v) is 5.04. The smallest absolute Gasteiger partial charge is 0.277 e. The van der Waals surface area contributed by atoms with Gasteiger partial charge in [0.25, 0.3) is 5.56 Å². The summed E-state index contributed by atoms with van der Waals surface area (Å²) in [5.74, 6) is 0.591. The molecule has 3 aromatic rings. The van der Waals surface area contributed by atoms with Crippen molar-refractivity contribution in [3.63, 3.8) is 0 Å². The molecule has 1 atom stereocenters. The molecule has 198 valence electrons. The molecule has 1 aromatic carbocycles. The minimum Gasteiger partial charge on any atom is -0.354 e. The highest BCUT2D eigenvalue weighted by atomic mass is 32.2. The van der Waals surface area contributed by atoms with Crippen molar-refractivity contribution in [2.24, 2.45) is 0 Å². The Balaban J connectivity index is 1.70. The third kappa shape index (κ3) is 9.43. The number of rotatable bonds is 15. The third-order valence-corrected chi connectivity index (χ3v) is 7.40. The molecule has 2 aromatic heterocycles. The van der Waals surface area contributed by atoms with Crippen LogP contribution in [-0.2, 0) is 17.0 Å². The molecule has 0 saturated heterocycles. The lowest BCUT2D eigenvalue weighted by Gasteiger charge is -2.20. The van der Waals surface area contributed by atoms with Crippen molar-refractivity contribution in [3.05, 3.63) is 81.8 Å². The second-order valence-corrected chi connectivity index (χ2v) is 10.5. The summed E-state index contributed by atoms with van der Waals surface area (Å²) < 4.78 is 1.83. The van der Waals surface area contributed by atoms with Crippen LogP contribution in [0.25, 0.3) is 0 Å². The molecule has 0 spiro atoms. The van der Waals surface area contributed by atoms with E-state index in [9.17, 15) is 9.59 Å². The number of nitrogens with one attached hydrogen (secondary N) is 1. The van der Waals surface area contributed by atoms with Gasteiger partial charge in [0.2, 0.25) is 5.91 Å². The number of hydrogen-bond donors (Lipinski definition) is 1. The molecule has 1 amide bonds. The van der Waals surface area contributed by atoms with Crippen LogP contribution in [0.4, 0.5) is 0 Å². The standard InChI is InChI=1S/C29H39N5O2S/c1-4-5-6-7-8-9-10-15-32-27(35)23(3)34-19-26(16-25-17-30-21-31-18-25)28(36)33-29(34)37-20-24-13-11-22(2)12-14-24/h11-14,17-19,21,23H,4-10,15-16,20H2,1-3H3,(H,32,35). The zero-order valence-electron chi connectivity index (χ0n) is 22.3. The quantitative estimate of drug-likeness (QED) is 0.158. The highest BCUT2D eigenvalue weighted by Gasteiger charge is 2.20. The van der Waals surface area contributed by atoms with Crippen LogP contribution in [0, 0.1) is 6.92 Å². The predicted octanol–water partition coefficient (Wildman–Crippen LogP) is 5.65. The van der Waals surface area contributed by atoms with E-state index in [-0.39, 0.29) is 11.5 Å². The van der Waals surface area contributed by atoms with Crippen molar-refractivity contribution < 1.29 is 4.79 Å². The molecule has 1 unspecified atom stereocenters. The van der Waals surface area contributed by atoms with Gasteiger partial charge < -0.3 is 9.88 Å². The van der Waals surface area contributed by atoms with Gasteiger partial charge in [0, 0.05) is 42.9 Å². The van der Waals surface area contributed by atoms with E-state index >= 15 is 0 Å². The Morgan fingerprint density at radius 1 is 1.00 bits per heavy atom. The molecule has 1 N–H and O–H groups in total. The van der Waals surface area contributed by atoms with Crippen LogP contribution in [0.2, 0.25) is 0 Å². The summed E-state index contributed by atoms with van der Waals surface area (Å²) in [4.78, 5) is 38.5. The number of carbonyl (C=O) groups excluding carboxylic acids is 1. The zero-order chi connectivity index (χ0) is 26.5. The topological polar surface area (TPSA) is 89.8 Å². The van der Waals surface area contributed by atoms with E-state index in [0.717, 1.165) is 24.0 Å². The molecule has 8 heteroatoms. The number of aryl methyl sites for hydroxylation is 1. The molecule has 0 saturated carbocycles. The lowest BCUT2D eigenvalue weighted by atomic mass is 10.1. The summed E-state index contributed by atoms with van der Waals surface area (Å²) in [7, 11) is 0. The highest BCUT2D eigenvalue weighted by molar-refractivity contribution is 7.98. The number of unbranched alkanes of at least 4 members (excludes halogenated alkanes) is 6. The van der Waals surface area contributed by atoms with Crippen LogP contribution in [0.15, 0.2) is 59.1 Å². The van der Waals surface area contributed by atoms with E-state index in [2.05, 4.69) is 58.4 Å². The summed E-state index contributed by atoms with van der Waals surface area (Å²) in [6.45, 7) is 6.79. The summed E-state index contributed by atoms with van der Waals surface area (Å²) in [6.07, 6.45) is 15.4. The van der Waals surface area contributed by atoms with E-state index in [1.807, 2.05) is 11.5 Å². The third-order valence-electron chi connectivity index (χ3n) is 6.36. The molecular formula is C29H39N5O2S. The Bertz CT molecular complexity index is 1170. The molecule has 37 heavy (non-hydrogen) atoms. The minimum atomic E-state index is -0.496. The van der Waals surface area contributed by atoms with Crippen LogP contribution in [0.5, 0.6) is 0 Å². The van der Waals surface area contributed by atoms with E-state index < -0.39 is 6.04 Å². The maximum Gasteiger partial charge on any atom is 0.277 e. The van der Waals surface area contributed by atoms with Crippen LogP contribution in [-0.4, -0.2) is 32.0 Å². The first kappa shape index (κ1) is 28.6. The van der Waals surface area contributed by atoms with Gasteiger partial charge in [-0.3, -0.25) is 9.59 Å². The van der Waals surface area contributed by atoms with E-state index in [4.69, 9.17) is 0 Å². The average molecular weight is 522 g/mol. The Morgan fingerprint density at radius 2 is 1.68 bits per heavy atom. The van der Waals surface area contributed by atoms with Crippen LogP contribution in [0.3, 0.4) is 0 Å². The molecule has 0 bridgehead atoms. The Hall–Kier alpha value is -3.00. The number of thioether (sulfide) groups is 1. The van der Waals surface area contributed by atoms with Gasteiger partial charge in [-0.1, -0.05) is 87.0 Å². The maximum absolute atomic E-state index is 13.1. The van der Waals surface area contributed by atoms with E-state index in [1.165, 1.54) is 55.8 Å². The van der Waals surface area contributed by atoms with E-state index in [0.29, 0.717) is 29.4 Å². The molecule has 7 nitrogen and oxygen atoms in total. The minimum absolute atomic E-state index is 0.0670. The molecule has 0 aliphatic carbocycles. The van der Waals surface area contributed by atoms with Gasteiger partial charge in [0.1, 0.15) is 12.4 Å². The zero-order valence-corrected chi connectivity index (χ0v) is 23.1. The van der Waals surface area contributed by atoms with Crippen LogP contribution < -0.4 is 10.9 Å². The first-order valence-electron chi connectivity index (χ1n) is 13.3. The Kier molecular flexibility index (Phi) is 11.8. The average Bonchev–Trinajstić information content (AvgIpc) is 2.91. The number of amides is 1. The monoisotopic (exact) mass is 521 g/mol. The molecular weight excluding hydrogens is 482 g/mol. The molecule has 2 heterocycles. The first-order chi connectivity index (χ1) is 18.0. The molecule has 0 aliphatic rings. The predicted molar refractivity (Wildman–Crippen MR) is 150 cm³/mol. The largest absolute Gasteiger partial charge is 0.354 e. The van der Waals surface area contributed by atoms with Gasteiger partial charge in [0.05, 0.1) is 0 Å². The van der Waals surface area contributed by atoms with Gasteiger partial charge >= 0.3 is 0 Å². The fourth-order valence-electron chi connectivity index (χ4n) is 4.04. The SMILES string of the molecule is CCCCCCCCCNC(=O)C(C)n1cc(Cc2cncnc2)c(=O)nc1SCc1ccc(C)cc1. The highest BCUT2D eigenvalue weighted by Crippen LogP contribution is 2.24. The lowest BCUT2D eigenvalue weighted by Crippen LogP contribution is -2.33. The first-order valence-corrected chi connectivity index (χ1v) is 14.3. The molecule has 0 fully saturated rings. The van der Waals surface area contributed by atoms with Gasteiger partial charge in [0.15, 0.2) is 5.16 Å². The lowest BCUT2D eigenvalue weighted by molar-refractivity contribution is -0.124. The van der Waals surface area contributed by atoms with Crippen LogP contribution >= 0.6 is 11.8 Å². The Labute approximate surface area is 224 Å². The Morgan fingerprint density at radius 3 is 2.38 bits per heavy atom. The summed E-state index contributed by atoms with van der Waals surface area (Å²) >= 11 is 1.47. The second-order valence-electron chi connectivity index (χ2n) is 9.55. The van der Waals surface area contributed by atoms with Crippen LogP contribution in [0.1, 0.15) is 87.1 Å². The van der Waals surface area contributed by atoms with E-state index in [1.54, 1.807) is 18.6 Å². The van der Waals surface area contributed by atoms with Gasteiger partial charge in [-0.15, -0.1) is 0 Å². The normalized spacial score (nSPS) is 11.9. The van der Waals surface area contributed by atoms with Crippen molar-refractivity contribution >= 4 is 17.7 Å². The molecule has 0 aliphatic heterocycles. The number of benzene rings is 1. The van der Waals surface area contributed by atoms with Crippen molar-refractivity contribution in [1.29, 1.82) is 0 Å². The summed E-state index contributed by atoms with van der Waals surface area (Å²) in [5, 5.41) is 3.62. The van der Waals surface area contributed by atoms with Crippen molar-refractivity contribution in [2.75, 3.05) is 6.54 Å². The van der Waals surface area contributed by atoms with Crippen molar-refractivity contribution in [2.45, 2.75) is 89.1 Å². The number of aromatic nitrogens is 4. The molecule has 3 rings (SSSR count). The number of nitrogens with zero attached hydrogens (tertiary/aromatic N) is 4. The fraction of sp³-hybridized carbons (Fsp3) is 0.483. The van der Waals surface area contributed by atoms with Gasteiger partial charge in [-0.2, -0.15) is 4.98 Å². The summed E-state index contributed by atoms with van der Waals surface area (Å²) in [6, 6.07) is 7.80. The number of carbonyl (C=O) groups is 1.